The lowest BCUT2D eigenvalue weighted by atomic mass is 10.0. The highest BCUT2D eigenvalue weighted by atomic mass is 35.5. The molecule has 1 N–H and O–H groups in total. The van der Waals surface area contributed by atoms with Crippen molar-refractivity contribution in [2.45, 2.75) is 45.4 Å². The quantitative estimate of drug-likeness (QED) is 0.750. The van der Waals surface area contributed by atoms with Gasteiger partial charge in [0, 0.05) is 16.3 Å². The molecule has 0 heterocycles. The number of likely N-dealkylation sites (N-methyl/N-ethyl adjacent to an activating group) is 1. The van der Waals surface area contributed by atoms with E-state index in [1.54, 1.807) is 11.8 Å². The lowest BCUT2D eigenvalue weighted by Gasteiger charge is -2.31. The molecule has 130 valence electrons. The van der Waals surface area contributed by atoms with E-state index >= 15 is 0 Å². The van der Waals surface area contributed by atoms with E-state index in [1.807, 2.05) is 24.3 Å². The van der Waals surface area contributed by atoms with Crippen molar-refractivity contribution in [2.75, 3.05) is 25.4 Å². The van der Waals surface area contributed by atoms with Crippen molar-refractivity contribution in [1.29, 1.82) is 0 Å². The fourth-order valence-corrected chi connectivity index (χ4v) is 3.32. The zero-order chi connectivity index (χ0) is 17.5. The van der Waals surface area contributed by atoms with Gasteiger partial charge >= 0.3 is 0 Å². The molecule has 0 bridgehead atoms. The van der Waals surface area contributed by atoms with Crippen LogP contribution in [0.25, 0.3) is 0 Å². The first-order chi connectivity index (χ1) is 10.8. The number of nitrogens with one attached hydrogen (secondary N) is 1. The second-order valence-corrected chi connectivity index (χ2v) is 8.67. The Bertz CT molecular complexity index is 498. The number of benzene rings is 1. The minimum Gasteiger partial charge on any atom is -0.353 e. The molecule has 0 spiro atoms. The number of nitrogens with zero attached hydrogens (tertiary/aromatic N) is 1. The fraction of sp³-hybridized carbons (Fsp3) is 0.611. The summed E-state index contributed by atoms with van der Waals surface area (Å²) in [6.07, 6.45) is 0. The summed E-state index contributed by atoms with van der Waals surface area (Å²) in [5.74, 6) is 0.561. The van der Waals surface area contributed by atoms with Crippen LogP contribution < -0.4 is 5.32 Å². The minimum atomic E-state index is 0.0779. The van der Waals surface area contributed by atoms with Crippen LogP contribution in [0.1, 0.15) is 46.2 Å². The maximum Gasteiger partial charge on any atom is 0.230 e. The fourth-order valence-electron chi connectivity index (χ4n) is 2.39. The summed E-state index contributed by atoms with van der Waals surface area (Å²) in [6.45, 7) is 13.0. The highest BCUT2D eigenvalue weighted by molar-refractivity contribution is 8.01. The molecule has 1 rings (SSSR count). The summed E-state index contributed by atoms with van der Waals surface area (Å²) in [5, 5.41) is 3.82. The molecule has 1 aromatic rings. The smallest absolute Gasteiger partial charge is 0.230 e. The molecule has 0 aromatic heterocycles. The number of carbonyl (C=O) groups excluding carboxylic acids is 1. The summed E-state index contributed by atoms with van der Waals surface area (Å²) in [7, 11) is 0. The lowest BCUT2D eigenvalue weighted by Crippen LogP contribution is -2.39. The minimum absolute atomic E-state index is 0.0779. The number of thioether (sulfide) groups is 1. The molecule has 1 aromatic carbocycles. The van der Waals surface area contributed by atoms with Gasteiger partial charge in [-0.05, 0) is 24.7 Å². The van der Waals surface area contributed by atoms with Gasteiger partial charge in [-0.3, -0.25) is 9.69 Å². The molecule has 0 aliphatic heterocycles. The third-order valence-electron chi connectivity index (χ3n) is 3.65. The Balaban J connectivity index is 2.75. The van der Waals surface area contributed by atoms with Gasteiger partial charge in [-0.2, -0.15) is 0 Å². The van der Waals surface area contributed by atoms with Gasteiger partial charge in [0.15, 0.2) is 0 Å². The highest BCUT2D eigenvalue weighted by Crippen LogP contribution is 2.27. The van der Waals surface area contributed by atoms with Crippen LogP contribution >= 0.6 is 23.4 Å². The molecule has 0 aliphatic rings. The first-order valence-electron chi connectivity index (χ1n) is 8.17. The number of amides is 1. The van der Waals surface area contributed by atoms with Crippen LogP contribution in [-0.2, 0) is 4.79 Å². The number of carbonyl (C=O) groups is 1. The van der Waals surface area contributed by atoms with Crippen LogP contribution in [0.4, 0.5) is 0 Å². The number of halogens is 1. The Morgan fingerprint density at radius 3 is 2.39 bits per heavy atom. The van der Waals surface area contributed by atoms with E-state index in [1.165, 1.54) is 0 Å². The van der Waals surface area contributed by atoms with Crippen molar-refractivity contribution < 1.29 is 4.79 Å². The summed E-state index contributed by atoms with van der Waals surface area (Å²) >= 11 is 8.03. The Morgan fingerprint density at radius 1 is 1.26 bits per heavy atom. The van der Waals surface area contributed by atoms with Crippen molar-refractivity contribution in [3.05, 3.63) is 34.9 Å². The Hall–Kier alpha value is -0.710. The SMILES string of the molecule is CCN(CC)C(CNC(=O)CSC(C)(C)C)c1ccccc1Cl. The van der Waals surface area contributed by atoms with Gasteiger partial charge in [0.1, 0.15) is 0 Å². The molecule has 0 saturated carbocycles. The van der Waals surface area contributed by atoms with E-state index in [9.17, 15) is 4.79 Å². The molecule has 0 fully saturated rings. The van der Waals surface area contributed by atoms with Gasteiger partial charge in [0.05, 0.1) is 11.8 Å². The molecule has 3 nitrogen and oxygen atoms in total. The van der Waals surface area contributed by atoms with Gasteiger partial charge in [0.2, 0.25) is 5.91 Å². The second kappa shape index (κ2) is 9.55. The molecule has 5 heteroatoms. The maximum atomic E-state index is 12.1. The van der Waals surface area contributed by atoms with Crippen molar-refractivity contribution in [3.8, 4) is 0 Å². The van der Waals surface area contributed by atoms with Crippen LogP contribution in [0.15, 0.2) is 24.3 Å². The van der Waals surface area contributed by atoms with Crippen LogP contribution in [0.3, 0.4) is 0 Å². The summed E-state index contributed by atoms with van der Waals surface area (Å²) < 4.78 is 0.0956. The molecule has 0 saturated heterocycles. The van der Waals surface area contributed by atoms with Gasteiger partial charge in [-0.15, -0.1) is 11.8 Å². The lowest BCUT2D eigenvalue weighted by molar-refractivity contribution is -0.118. The monoisotopic (exact) mass is 356 g/mol. The normalized spacial score (nSPS) is 13.2. The van der Waals surface area contributed by atoms with E-state index in [0.29, 0.717) is 12.3 Å². The molecule has 1 atom stereocenters. The van der Waals surface area contributed by atoms with Crippen LogP contribution in [0.2, 0.25) is 5.02 Å². The average molecular weight is 357 g/mol. The first-order valence-corrected chi connectivity index (χ1v) is 9.54. The highest BCUT2D eigenvalue weighted by Gasteiger charge is 2.21. The molecule has 0 radical (unpaired) electrons. The van der Waals surface area contributed by atoms with Crippen molar-refractivity contribution in [2.24, 2.45) is 0 Å². The number of hydrogen-bond donors (Lipinski definition) is 1. The topological polar surface area (TPSA) is 32.3 Å². The van der Waals surface area contributed by atoms with Gasteiger partial charge < -0.3 is 5.32 Å². The van der Waals surface area contributed by atoms with E-state index < -0.39 is 0 Å². The van der Waals surface area contributed by atoms with E-state index in [0.717, 1.165) is 23.7 Å². The predicted molar refractivity (Wildman–Crippen MR) is 102 cm³/mol. The van der Waals surface area contributed by atoms with Crippen LogP contribution in [0, 0.1) is 0 Å². The zero-order valence-corrected chi connectivity index (χ0v) is 16.4. The maximum absolute atomic E-state index is 12.1. The Morgan fingerprint density at radius 2 is 1.87 bits per heavy atom. The summed E-state index contributed by atoms with van der Waals surface area (Å²) in [6, 6.07) is 7.98. The predicted octanol–water partition coefficient (Wildman–Crippen LogP) is 4.37. The standard InChI is InChI=1S/C18H29ClN2OS/c1-6-21(7-2)16(14-10-8-9-11-15(14)19)12-20-17(22)13-23-18(3,4)5/h8-11,16H,6-7,12-13H2,1-5H3,(H,20,22). The first kappa shape index (κ1) is 20.3. The summed E-state index contributed by atoms with van der Waals surface area (Å²) in [4.78, 5) is 14.4. The molecule has 0 aliphatic carbocycles. The van der Waals surface area contributed by atoms with E-state index in [-0.39, 0.29) is 16.7 Å². The van der Waals surface area contributed by atoms with Crippen LogP contribution in [0.5, 0.6) is 0 Å². The van der Waals surface area contributed by atoms with E-state index in [4.69, 9.17) is 11.6 Å². The van der Waals surface area contributed by atoms with Crippen molar-refractivity contribution >= 4 is 29.3 Å². The summed E-state index contributed by atoms with van der Waals surface area (Å²) in [5.41, 5.74) is 1.07. The largest absolute Gasteiger partial charge is 0.353 e. The molecular formula is C18H29ClN2OS. The molecule has 23 heavy (non-hydrogen) atoms. The van der Waals surface area contributed by atoms with Crippen LogP contribution in [-0.4, -0.2) is 40.9 Å². The number of rotatable bonds is 8. The van der Waals surface area contributed by atoms with Gasteiger partial charge in [0.25, 0.3) is 0 Å². The molecule has 1 amide bonds. The Labute approximate surface area is 150 Å². The third-order valence-corrected chi connectivity index (χ3v) is 5.26. The number of hydrogen-bond acceptors (Lipinski definition) is 3. The molecule has 1 unspecified atom stereocenters. The second-order valence-electron chi connectivity index (χ2n) is 6.46. The van der Waals surface area contributed by atoms with Gasteiger partial charge in [-0.25, -0.2) is 0 Å². The van der Waals surface area contributed by atoms with E-state index in [2.05, 4.69) is 44.8 Å². The van der Waals surface area contributed by atoms with Gasteiger partial charge in [-0.1, -0.05) is 64.4 Å². The average Bonchev–Trinajstić information content (AvgIpc) is 2.49. The van der Waals surface area contributed by atoms with Crippen molar-refractivity contribution in [3.63, 3.8) is 0 Å². The molecular weight excluding hydrogens is 328 g/mol. The Kier molecular flexibility index (Phi) is 8.45. The third kappa shape index (κ3) is 7.15. The van der Waals surface area contributed by atoms with Crippen molar-refractivity contribution in [1.82, 2.24) is 10.2 Å². The zero-order valence-electron chi connectivity index (χ0n) is 14.9.